The lowest BCUT2D eigenvalue weighted by atomic mass is 10.0. The van der Waals surface area contributed by atoms with Crippen molar-refractivity contribution < 1.29 is 9.26 Å². The topological polar surface area (TPSA) is 73.9 Å². The minimum Gasteiger partial charge on any atom is -0.494 e. The fourth-order valence-corrected chi connectivity index (χ4v) is 2.85. The summed E-state index contributed by atoms with van der Waals surface area (Å²) in [5.41, 5.74) is 5.27. The van der Waals surface area contributed by atoms with Crippen molar-refractivity contribution in [3.05, 3.63) is 52.7 Å². The molecule has 0 atom stereocenters. The van der Waals surface area contributed by atoms with Crippen LogP contribution in [0.1, 0.15) is 34.7 Å². The highest BCUT2D eigenvalue weighted by Gasteiger charge is 2.13. The first kappa shape index (κ1) is 17.1. The van der Waals surface area contributed by atoms with E-state index in [1.807, 2.05) is 32.9 Å². The smallest absolute Gasteiger partial charge is 0.223 e. The van der Waals surface area contributed by atoms with E-state index >= 15 is 0 Å². The van der Waals surface area contributed by atoms with Gasteiger partial charge in [0, 0.05) is 12.5 Å². The van der Waals surface area contributed by atoms with Gasteiger partial charge in [0.25, 0.3) is 0 Å². The molecule has 0 amide bonds. The van der Waals surface area contributed by atoms with Crippen LogP contribution in [-0.4, -0.2) is 26.9 Å². The van der Waals surface area contributed by atoms with Crippen molar-refractivity contribution in [1.29, 1.82) is 0 Å². The van der Waals surface area contributed by atoms with Gasteiger partial charge in [-0.15, -0.1) is 0 Å². The van der Waals surface area contributed by atoms with Gasteiger partial charge in [0.05, 0.1) is 18.5 Å². The van der Waals surface area contributed by atoms with Crippen LogP contribution in [0.25, 0.3) is 11.4 Å². The average Bonchev–Trinajstić information content (AvgIpc) is 2.97. The molecule has 0 fully saturated rings. The minimum atomic E-state index is 0.563. The number of hydrogen-bond acceptors (Lipinski definition) is 6. The summed E-state index contributed by atoms with van der Waals surface area (Å²) in [5, 5.41) is 12.1. The Morgan fingerprint density at radius 2 is 1.80 bits per heavy atom. The summed E-state index contributed by atoms with van der Waals surface area (Å²) < 4.78 is 11.0. The maximum absolute atomic E-state index is 5.90. The van der Waals surface area contributed by atoms with Gasteiger partial charge in [-0.3, -0.25) is 0 Å². The molecule has 0 aliphatic heterocycles. The Labute approximate surface area is 147 Å². The van der Waals surface area contributed by atoms with Gasteiger partial charge in [0.15, 0.2) is 0 Å². The third-order valence-corrected chi connectivity index (χ3v) is 3.95. The number of ether oxygens (including phenoxy) is 1. The second kappa shape index (κ2) is 7.42. The molecule has 0 radical (unpaired) electrons. The van der Waals surface area contributed by atoms with Crippen molar-refractivity contribution in [3.8, 4) is 17.1 Å². The van der Waals surface area contributed by atoms with Gasteiger partial charge in [-0.1, -0.05) is 5.16 Å². The SMILES string of the molecule is Cc1cnnc(CCCOc2cc(C)c(-c3noc(C)n3)c(C)c2)c1. The van der Waals surface area contributed by atoms with Gasteiger partial charge < -0.3 is 9.26 Å². The van der Waals surface area contributed by atoms with Gasteiger partial charge in [0.1, 0.15) is 5.75 Å². The zero-order valence-electron chi connectivity index (χ0n) is 15.0. The third-order valence-electron chi connectivity index (χ3n) is 3.95. The summed E-state index contributed by atoms with van der Waals surface area (Å²) in [6.07, 6.45) is 3.51. The number of hydrogen-bond donors (Lipinski definition) is 0. The van der Waals surface area contributed by atoms with Crippen LogP contribution in [0, 0.1) is 27.7 Å². The molecule has 6 nitrogen and oxygen atoms in total. The number of rotatable bonds is 6. The molecule has 25 heavy (non-hydrogen) atoms. The van der Waals surface area contributed by atoms with Crippen LogP contribution in [0.15, 0.2) is 28.9 Å². The molecule has 0 aliphatic carbocycles. The lowest BCUT2D eigenvalue weighted by Gasteiger charge is -2.11. The summed E-state index contributed by atoms with van der Waals surface area (Å²) in [5.74, 6) is 2.04. The largest absolute Gasteiger partial charge is 0.494 e. The molecule has 0 N–H and O–H groups in total. The molecular formula is C19H22N4O2. The van der Waals surface area contributed by atoms with E-state index in [1.165, 1.54) is 0 Å². The average molecular weight is 338 g/mol. The Balaban J connectivity index is 1.62. The van der Waals surface area contributed by atoms with Gasteiger partial charge >= 0.3 is 0 Å². The van der Waals surface area contributed by atoms with Crippen LogP contribution in [0.2, 0.25) is 0 Å². The molecule has 0 saturated carbocycles. The van der Waals surface area contributed by atoms with Crippen LogP contribution in [0.3, 0.4) is 0 Å². The normalized spacial score (nSPS) is 10.9. The maximum atomic E-state index is 5.90. The van der Waals surface area contributed by atoms with Gasteiger partial charge in [-0.2, -0.15) is 15.2 Å². The summed E-state index contributed by atoms with van der Waals surface area (Å²) >= 11 is 0. The number of nitrogens with zero attached hydrogens (tertiary/aromatic N) is 4. The van der Waals surface area contributed by atoms with Crippen LogP contribution < -0.4 is 4.74 Å². The highest BCUT2D eigenvalue weighted by Crippen LogP contribution is 2.29. The summed E-state index contributed by atoms with van der Waals surface area (Å²) in [4.78, 5) is 4.32. The Kier molecular flexibility index (Phi) is 5.07. The van der Waals surface area contributed by atoms with Crippen LogP contribution >= 0.6 is 0 Å². The van der Waals surface area contributed by atoms with Crippen molar-refractivity contribution >= 4 is 0 Å². The maximum Gasteiger partial charge on any atom is 0.223 e. The molecule has 2 heterocycles. The number of benzene rings is 1. The Bertz CT molecular complexity index is 850. The standard InChI is InChI=1S/C19H22N4O2/c1-12-8-16(22-20-11-12)6-5-7-24-17-9-13(2)18(14(3)10-17)19-21-15(4)25-23-19/h8-11H,5-7H2,1-4H3. The van der Waals surface area contributed by atoms with E-state index in [-0.39, 0.29) is 0 Å². The van der Waals surface area contributed by atoms with Crippen molar-refractivity contribution in [3.63, 3.8) is 0 Å². The van der Waals surface area contributed by atoms with Crippen molar-refractivity contribution in [2.75, 3.05) is 6.61 Å². The fraction of sp³-hybridized carbons (Fsp3) is 0.368. The molecule has 0 spiro atoms. The second-order valence-corrected chi connectivity index (χ2v) is 6.25. The first-order chi connectivity index (χ1) is 12.0. The van der Waals surface area contributed by atoms with E-state index in [2.05, 4.69) is 26.4 Å². The van der Waals surface area contributed by atoms with Gasteiger partial charge in [-0.25, -0.2) is 0 Å². The molecule has 130 valence electrons. The Hall–Kier alpha value is -2.76. The summed E-state index contributed by atoms with van der Waals surface area (Å²) in [7, 11) is 0. The first-order valence-electron chi connectivity index (χ1n) is 8.36. The van der Waals surface area contributed by atoms with E-state index < -0.39 is 0 Å². The molecule has 0 bridgehead atoms. The zero-order chi connectivity index (χ0) is 17.8. The van der Waals surface area contributed by atoms with Gasteiger partial charge in [0.2, 0.25) is 11.7 Å². The predicted molar refractivity (Wildman–Crippen MR) is 94.5 cm³/mol. The van der Waals surface area contributed by atoms with Gasteiger partial charge in [-0.05, 0) is 68.5 Å². The Morgan fingerprint density at radius 1 is 1.04 bits per heavy atom. The van der Waals surface area contributed by atoms with Crippen molar-refractivity contribution in [2.24, 2.45) is 0 Å². The lowest BCUT2D eigenvalue weighted by molar-refractivity contribution is 0.310. The number of aromatic nitrogens is 4. The second-order valence-electron chi connectivity index (χ2n) is 6.25. The molecule has 3 rings (SSSR count). The number of aryl methyl sites for hydroxylation is 5. The van der Waals surface area contributed by atoms with Crippen LogP contribution in [-0.2, 0) is 6.42 Å². The highest BCUT2D eigenvalue weighted by atomic mass is 16.5. The lowest BCUT2D eigenvalue weighted by Crippen LogP contribution is -2.02. The Morgan fingerprint density at radius 3 is 2.44 bits per heavy atom. The quantitative estimate of drug-likeness (QED) is 0.637. The molecule has 6 heteroatoms. The molecule has 3 aromatic rings. The highest BCUT2D eigenvalue weighted by molar-refractivity contribution is 5.65. The molecule has 0 saturated heterocycles. The molecule has 1 aromatic carbocycles. The fourth-order valence-electron chi connectivity index (χ4n) is 2.85. The monoisotopic (exact) mass is 338 g/mol. The molecule has 0 aliphatic rings. The first-order valence-corrected chi connectivity index (χ1v) is 8.36. The zero-order valence-corrected chi connectivity index (χ0v) is 15.0. The third kappa shape index (κ3) is 4.21. The van der Waals surface area contributed by atoms with Crippen LogP contribution in [0.4, 0.5) is 0 Å². The minimum absolute atomic E-state index is 0.563. The molecule has 0 unspecified atom stereocenters. The summed E-state index contributed by atoms with van der Waals surface area (Å²) in [6.45, 7) is 8.51. The van der Waals surface area contributed by atoms with Crippen molar-refractivity contribution in [1.82, 2.24) is 20.3 Å². The predicted octanol–water partition coefficient (Wildman–Crippen LogP) is 3.77. The van der Waals surface area contributed by atoms with E-state index in [0.717, 1.165) is 46.5 Å². The van der Waals surface area contributed by atoms with Crippen LogP contribution in [0.5, 0.6) is 5.75 Å². The van der Waals surface area contributed by atoms with Crippen molar-refractivity contribution in [2.45, 2.75) is 40.5 Å². The van der Waals surface area contributed by atoms with E-state index in [4.69, 9.17) is 9.26 Å². The molecular weight excluding hydrogens is 316 g/mol. The van der Waals surface area contributed by atoms with E-state index in [9.17, 15) is 0 Å². The van der Waals surface area contributed by atoms with E-state index in [1.54, 1.807) is 13.1 Å². The molecule has 2 aromatic heterocycles. The van der Waals surface area contributed by atoms with E-state index in [0.29, 0.717) is 18.3 Å². The summed E-state index contributed by atoms with van der Waals surface area (Å²) in [6, 6.07) is 6.09.